The molecule has 5 heteroatoms. The zero-order chi connectivity index (χ0) is 13.2. The molecule has 1 saturated carbocycles. The third-order valence-corrected chi connectivity index (χ3v) is 4.63. The average molecular weight is 288 g/mol. The summed E-state index contributed by atoms with van der Waals surface area (Å²) in [5, 5.41) is 10.3. The van der Waals surface area contributed by atoms with Crippen molar-refractivity contribution in [2.24, 2.45) is 0 Å². The van der Waals surface area contributed by atoms with Crippen molar-refractivity contribution in [1.82, 2.24) is 4.90 Å². The number of thiophene rings is 1. The Hall–Kier alpha value is -0.420. The van der Waals surface area contributed by atoms with Crippen molar-refractivity contribution in [2.45, 2.75) is 31.3 Å². The number of halogens is 1. The van der Waals surface area contributed by atoms with Gasteiger partial charge >= 0.3 is 0 Å². The summed E-state index contributed by atoms with van der Waals surface area (Å²) < 4.78 is 0.635. The van der Waals surface area contributed by atoms with Gasteiger partial charge < -0.3 is 5.11 Å². The lowest BCUT2D eigenvalue weighted by Crippen LogP contribution is -2.41. The van der Waals surface area contributed by atoms with Gasteiger partial charge in [-0.25, -0.2) is 0 Å². The SMILES string of the molecule is CN(CC(=O)c1ccc(Cl)s1)CC1(O)CCCC1. The van der Waals surface area contributed by atoms with E-state index in [4.69, 9.17) is 11.6 Å². The molecule has 1 N–H and O–H groups in total. The number of likely N-dealkylation sites (N-methyl/N-ethyl adjacent to an activating group) is 1. The molecule has 0 radical (unpaired) electrons. The van der Waals surface area contributed by atoms with Crippen LogP contribution in [-0.4, -0.2) is 41.5 Å². The maximum atomic E-state index is 12.0. The van der Waals surface area contributed by atoms with Crippen LogP contribution in [-0.2, 0) is 0 Å². The molecule has 1 fully saturated rings. The molecule has 18 heavy (non-hydrogen) atoms. The normalized spacial score (nSPS) is 18.4. The standard InChI is InChI=1S/C13H18ClNO2S/c1-15(9-13(17)6-2-3-7-13)8-10(16)11-4-5-12(14)18-11/h4-5,17H,2-3,6-9H2,1H3. The van der Waals surface area contributed by atoms with E-state index in [9.17, 15) is 9.90 Å². The summed E-state index contributed by atoms with van der Waals surface area (Å²) >= 11 is 7.12. The molecule has 0 atom stereocenters. The summed E-state index contributed by atoms with van der Waals surface area (Å²) in [6.45, 7) is 0.900. The average Bonchev–Trinajstić information content (AvgIpc) is 2.87. The number of Topliss-reactive ketones (excluding diaryl/α,β-unsaturated/α-hetero) is 1. The van der Waals surface area contributed by atoms with Crippen molar-refractivity contribution in [3.8, 4) is 0 Å². The molecule has 0 spiro atoms. The van der Waals surface area contributed by atoms with E-state index in [1.165, 1.54) is 11.3 Å². The third kappa shape index (κ3) is 3.54. The summed E-state index contributed by atoms with van der Waals surface area (Å²) in [7, 11) is 1.88. The molecule has 100 valence electrons. The maximum Gasteiger partial charge on any atom is 0.186 e. The maximum absolute atomic E-state index is 12.0. The van der Waals surface area contributed by atoms with Crippen molar-refractivity contribution in [2.75, 3.05) is 20.1 Å². The minimum atomic E-state index is -0.595. The molecule has 2 rings (SSSR count). The van der Waals surface area contributed by atoms with Crippen molar-refractivity contribution in [1.29, 1.82) is 0 Å². The Kier molecular flexibility index (Phi) is 4.43. The molecule has 3 nitrogen and oxygen atoms in total. The summed E-state index contributed by atoms with van der Waals surface area (Å²) in [6, 6.07) is 3.50. The van der Waals surface area contributed by atoms with Crippen LogP contribution in [0.4, 0.5) is 0 Å². The van der Waals surface area contributed by atoms with E-state index in [1.807, 2.05) is 11.9 Å². The van der Waals surface area contributed by atoms with Crippen LogP contribution in [0.3, 0.4) is 0 Å². The fourth-order valence-corrected chi connectivity index (χ4v) is 3.51. The van der Waals surface area contributed by atoms with Gasteiger partial charge in [-0.05, 0) is 32.0 Å². The quantitative estimate of drug-likeness (QED) is 0.847. The highest BCUT2D eigenvalue weighted by Gasteiger charge is 2.32. The summed E-state index contributed by atoms with van der Waals surface area (Å²) in [4.78, 5) is 14.6. The minimum Gasteiger partial charge on any atom is -0.389 e. The van der Waals surface area contributed by atoms with Gasteiger partial charge in [0, 0.05) is 6.54 Å². The lowest BCUT2D eigenvalue weighted by atomic mass is 10.0. The molecule has 0 unspecified atom stereocenters. The van der Waals surface area contributed by atoms with E-state index in [0.717, 1.165) is 25.7 Å². The molecule has 0 saturated heterocycles. The molecule has 0 aliphatic heterocycles. The van der Waals surface area contributed by atoms with E-state index in [0.29, 0.717) is 22.3 Å². The van der Waals surface area contributed by atoms with Crippen LogP contribution in [0.2, 0.25) is 4.34 Å². The Morgan fingerprint density at radius 2 is 2.17 bits per heavy atom. The Balaban J connectivity index is 1.87. The first-order valence-corrected chi connectivity index (χ1v) is 7.37. The van der Waals surface area contributed by atoms with Gasteiger partial charge in [0.25, 0.3) is 0 Å². The first-order valence-electron chi connectivity index (χ1n) is 6.18. The van der Waals surface area contributed by atoms with Gasteiger partial charge in [-0.2, -0.15) is 0 Å². The lowest BCUT2D eigenvalue weighted by Gasteiger charge is -2.27. The third-order valence-electron chi connectivity index (χ3n) is 3.36. The lowest BCUT2D eigenvalue weighted by molar-refractivity contribution is 0.0173. The molecule has 0 aromatic carbocycles. The highest BCUT2D eigenvalue weighted by molar-refractivity contribution is 7.18. The largest absolute Gasteiger partial charge is 0.389 e. The van der Waals surface area contributed by atoms with Crippen molar-refractivity contribution >= 4 is 28.7 Å². The van der Waals surface area contributed by atoms with Gasteiger partial charge in [0.2, 0.25) is 0 Å². The monoisotopic (exact) mass is 287 g/mol. The number of ketones is 1. The number of nitrogens with zero attached hydrogens (tertiary/aromatic N) is 1. The topological polar surface area (TPSA) is 40.5 Å². The van der Waals surface area contributed by atoms with Crippen molar-refractivity contribution in [3.05, 3.63) is 21.3 Å². The Labute approximate surface area is 116 Å². The number of rotatable bonds is 5. The van der Waals surface area contributed by atoms with Gasteiger partial charge in [0.1, 0.15) is 0 Å². The van der Waals surface area contributed by atoms with E-state index in [-0.39, 0.29) is 5.78 Å². The highest BCUT2D eigenvalue weighted by Crippen LogP contribution is 2.30. The Morgan fingerprint density at radius 3 is 2.72 bits per heavy atom. The molecular weight excluding hydrogens is 270 g/mol. The second-order valence-electron chi connectivity index (χ2n) is 5.13. The summed E-state index contributed by atoms with van der Waals surface area (Å²) in [5.41, 5.74) is -0.595. The number of aliphatic hydroxyl groups is 1. The fraction of sp³-hybridized carbons (Fsp3) is 0.615. The van der Waals surface area contributed by atoms with Crippen LogP contribution >= 0.6 is 22.9 Å². The van der Waals surface area contributed by atoms with Crippen molar-refractivity contribution in [3.63, 3.8) is 0 Å². The zero-order valence-electron chi connectivity index (χ0n) is 10.5. The first-order chi connectivity index (χ1) is 8.48. The fourth-order valence-electron chi connectivity index (χ4n) is 2.54. The second kappa shape index (κ2) is 5.70. The smallest absolute Gasteiger partial charge is 0.186 e. The van der Waals surface area contributed by atoms with Gasteiger partial charge in [-0.1, -0.05) is 24.4 Å². The van der Waals surface area contributed by atoms with E-state index in [1.54, 1.807) is 12.1 Å². The highest BCUT2D eigenvalue weighted by atomic mass is 35.5. The van der Waals surface area contributed by atoms with Crippen LogP contribution in [0, 0.1) is 0 Å². The van der Waals surface area contributed by atoms with E-state index in [2.05, 4.69) is 0 Å². The van der Waals surface area contributed by atoms with E-state index >= 15 is 0 Å². The Bertz CT molecular complexity index is 426. The first kappa shape index (κ1) is 14.0. The summed E-state index contributed by atoms with van der Waals surface area (Å²) in [5.74, 6) is 0.0657. The molecule has 0 amide bonds. The zero-order valence-corrected chi connectivity index (χ0v) is 12.1. The molecule has 1 heterocycles. The van der Waals surface area contributed by atoms with E-state index < -0.39 is 5.60 Å². The van der Waals surface area contributed by atoms with Gasteiger partial charge in [0.15, 0.2) is 5.78 Å². The van der Waals surface area contributed by atoms with Gasteiger partial charge in [0.05, 0.1) is 21.4 Å². The number of carbonyl (C=O) groups excluding carboxylic acids is 1. The molecule has 0 bridgehead atoms. The molecule has 1 aliphatic carbocycles. The molecule has 1 aliphatic rings. The van der Waals surface area contributed by atoms with Gasteiger partial charge in [-0.3, -0.25) is 9.69 Å². The van der Waals surface area contributed by atoms with Gasteiger partial charge in [-0.15, -0.1) is 11.3 Å². The number of hydrogen-bond donors (Lipinski definition) is 1. The van der Waals surface area contributed by atoms with Crippen LogP contribution in [0.25, 0.3) is 0 Å². The van der Waals surface area contributed by atoms with Crippen LogP contribution in [0.5, 0.6) is 0 Å². The minimum absolute atomic E-state index is 0.0657. The molecule has 1 aromatic heterocycles. The molecular formula is C13H18ClNO2S. The van der Waals surface area contributed by atoms with Crippen LogP contribution in [0.1, 0.15) is 35.4 Å². The predicted octanol–water partition coefficient (Wildman–Crippen LogP) is 2.82. The summed E-state index contributed by atoms with van der Waals surface area (Å²) in [6.07, 6.45) is 3.85. The van der Waals surface area contributed by atoms with Crippen LogP contribution in [0.15, 0.2) is 12.1 Å². The Morgan fingerprint density at radius 1 is 1.50 bits per heavy atom. The van der Waals surface area contributed by atoms with Crippen molar-refractivity contribution < 1.29 is 9.90 Å². The van der Waals surface area contributed by atoms with Crippen LogP contribution < -0.4 is 0 Å². The second-order valence-corrected chi connectivity index (χ2v) is 6.85. The number of hydrogen-bond acceptors (Lipinski definition) is 4. The predicted molar refractivity (Wildman–Crippen MR) is 74.6 cm³/mol. The number of carbonyl (C=O) groups is 1. The molecule has 1 aromatic rings.